The number of benzene rings is 1. The number of rotatable bonds is 8. The zero-order valence-corrected chi connectivity index (χ0v) is 17.3. The predicted molar refractivity (Wildman–Crippen MR) is 112 cm³/mol. The molecule has 1 aromatic rings. The number of nitrogens with one attached hydrogen (secondary N) is 1. The lowest BCUT2D eigenvalue weighted by molar-refractivity contribution is -0.118. The lowest BCUT2D eigenvalue weighted by Crippen LogP contribution is -2.35. The highest BCUT2D eigenvalue weighted by atomic mass is 32.2. The molecular formula is C20H30N4OS. The van der Waals surface area contributed by atoms with Crippen molar-refractivity contribution >= 4 is 28.4 Å². The maximum absolute atomic E-state index is 12.1. The Morgan fingerprint density at radius 3 is 2.73 bits per heavy atom. The molecule has 1 aliphatic heterocycles. The van der Waals surface area contributed by atoms with Crippen molar-refractivity contribution in [3.8, 4) is 0 Å². The van der Waals surface area contributed by atoms with Crippen LogP contribution in [-0.2, 0) is 11.2 Å². The second-order valence-corrected chi connectivity index (χ2v) is 8.02. The molecule has 0 fully saturated rings. The molecule has 0 aromatic heterocycles. The minimum Gasteiger partial charge on any atom is -0.355 e. The first kappa shape index (κ1) is 20.6. The van der Waals surface area contributed by atoms with Crippen LogP contribution in [-0.4, -0.2) is 54.0 Å². The lowest BCUT2D eigenvalue weighted by Gasteiger charge is -2.22. The third kappa shape index (κ3) is 5.95. The summed E-state index contributed by atoms with van der Waals surface area (Å²) in [4.78, 5) is 14.2. The average molecular weight is 375 g/mol. The topological polar surface area (TPSA) is 57.1 Å². The van der Waals surface area contributed by atoms with Crippen LogP contribution in [0.2, 0.25) is 0 Å². The van der Waals surface area contributed by atoms with Crippen molar-refractivity contribution in [2.75, 3.05) is 26.4 Å². The Kier molecular flexibility index (Phi) is 7.85. The second kappa shape index (κ2) is 9.88. The van der Waals surface area contributed by atoms with Gasteiger partial charge in [-0.15, -0.1) is 5.10 Å². The molecule has 0 saturated carbocycles. The fourth-order valence-electron chi connectivity index (χ4n) is 3.17. The molecule has 1 aromatic carbocycles. The molecule has 1 atom stereocenters. The van der Waals surface area contributed by atoms with Crippen LogP contribution in [0.4, 0.5) is 0 Å². The number of nitrogens with zero attached hydrogens (tertiary/aromatic N) is 3. The van der Waals surface area contributed by atoms with Gasteiger partial charge in [0.1, 0.15) is 5.04 Å². The van der Waals surface area contributed by atoms with Gasteiger partial charge in [0.05, 0.1) is 11.5 Å². The van der Waals surface area contributed by atoms with E-state index in [2.05, 4.69) is 73.5 Å². The Hall–Kier alpha value is -1.66. The van der Waals surface area contributed by atoms with E-state index in [0.29, 0.717) is 18.3 Å². The van der Waals surface area contributed by atoms with E-state index in [-0.39, 0.29) is 5.91 Å². The number of amides is 1. The van der Waals surface area contributed by atoms with Crippen molar-refractivity contribution < 1.29 is 4.79 Å². The van der Waals surface area contributed by atoms with Gasteiger partial charge in [-0.3, -0.25) is 4.79 Å². The highest BCUT2D eigenvalue weighted by molar-refractivity contribution is 8.14. The van der Waals surface area contributed by atoms with E-state index in [1.807, 2.05) is 0 Å². The fraction of sp³-hybridized carbons (Fsp3) is 0.550. The van der Waals surface area contributed by atoms with Gasteiger partial charge in [-0.1, -0.05) is 42.4 Å². The number of carbonyl (C=O) groups is 1. The third-order valence-electron chi connectivity index (χ3n) is 4.60. The number of hydrogen-bond donors (Lipinski definition) is 1. The number of hydrogen-bond acceptors (Lipinski definition) is 5. The molecule has 1 unspecified atom stereocenters. The monoisotopic (exact) mass is 374 g/mol. The van der Waals surface area contributed by atoms with Crippen LogP contribution in [0.25, 0.3) is 0 Å². The molecule has 0 saturated heterocycles. The van der Waals surface area contributed by atoms with Crippen molar-refractivity contribution in [2.45, 2.75) is 46.1 Å². The van der Waals surface area contributed by atoms with Crippen LogP contribution in [0.15, 0.2) is 28.4 Å². The van der Waals surface area contributed by atoms with Crippen molar-refractivity contribution in [3.63, 3.8) is 0 Å². The average Bonchev–Trinajstić information content (AvgIpc) is 3.04. The van der Waals surface area contributed by atoms with E-state index < -0.39 is 0 Å². The van der Waals surface area contributed by atoms with Gasteiger partial charge in [-0.05, 0) is 51.9 Å². The SMILES string of the molecule is CCC(C1=NN=C(SCC(=O)NCCc2ccc(C)cc2C)C1)N(C)C. The summed E-state index contributed by atoms with van der Waals surface area (Å²) in [6.45, 7) is 7.03. The molecular weight excluding hydrogens is 344 g/mol. The molecule has 1 heterocycles. The van der Waals surface area contributed by atoms with E-state index in [9.17, 15) is 4.79 Å². The van der Waals surface area contributed by atoms with Gasteiger partial charge in [0.15, 0.2) is 0 Å². The van der Waals surface area contributed by atoms with E-state index in [4.69, 9.17) is 0 Å². The molecule has 1 aliphatic rings. The van der Waals surface area contributed by atoms with Gasteiger partial charge in [0, 0.05) is 19.0 Å². The van der Waals surface area contributed by atoms with Gasteiger partial charge in [-0.25, -0.2) is 0 Å². The molecule has 0 bridgehead atoms. The minimum atomic E-state index is 0.0514. The van der Waals surface area contributed by atoms with Gasteiger partial charge >= 0.3 is 0 Å². The standard InChI is InChI=1S/C20H30N4OS/c1-6-18(24(4)5)17-12-20(23-22-17)26-13-19(25)21-10-9-16-8-7-14(2)11-15(16)3/h7-8,11,18H,6,9-10,12-13H2,1-5H3,(H,21,25). The highest BCUT2D eigenvalue weighted by Gasteiger charge is 2.22. The first-order valence-corrected chi connectivity index (χ1v) is 10.1. The zero-order valence-electron chi connectivity index (χ0n) is 16.5. The van der Waals surface area contributed by atoms with Gasteiger partial charge in [-0.2, -0.15) is 5.10 Å². The molecule has 0 radical (unpaired) electrons. The van der Waals surface area contributed by atoms with Crippen molar-refractivity contribution in [1.29, 1.82) is 0 Å². The summed E-state index contributed by atoms with van der Waals surface area (Å²) in [7, 11) is 4.12. The molecule has 2 rings (SSSR count). The first-order chi connectivity index (χ1) is 12.4. The summed E-state index contributed by atoms with van der Waals surface area (Å²) in [5, 5.41) is 12.5. The summed E-state index contributed by atoms with van der Waals surface area (Å²) in [5.74, 6) is 0.448. The maximum Gasteiger partial charge on any atom is 0.230 e. The van der Waals surface area contributed by atoms with E-state index in [0.717, 1.165) is 30.0 Å². The molecule has 1 N–H and O–H groups in total. The second-order valence-electron chi connectivity index (χ2n) is 6.97. The third-order valence-corrected chi connectivity index (χ3v) is 5.57. The van der Waals surface area contributed by atoms with E-state index in [1.165, 1.54) is 28.5 Å². The van der Waals surface area contributed by atoms with Crippen LogP contribution in [0, 0.1) is 13.8 Å². The van der Waals surface area contributed by atoms with Crippen molar-refractivity contribution in [3.05, 3.63) is 34.9 Å². The van der Waals surface area contributed by atoms with E-state index in [1.54, 1.807) is 0 Å². The molecule has 5 nitrogen and oxygen atoms in total. The summed E-state index contributed by atoms with van der Waals surface area (Å²) in [6.07, 6.45) is 2.63. The van der Waals surface area contributed by atoms with Crippen LogP contribution in [0.5, 0.6) is 0 Å². The molecule has 0 aliphatic carbocycles. The van der Waals surface area contributed by atoms with Crippen LogP contribution >= 0.6 is 11.8 Å². The number of aryl methyl sites for hydroxylation is 2. The quantitative estimate of drug-likeness (QED) is 0.760. The van der Waals surface area contributed by atoms with E-state index >= 15 is 0 Å². The lowest BCUT2D eigenvalue weighted by atomic mass is 10.0. The Morgan fingerprint density at radius 2 is 2.08 bits per heavy atom. The Morgan fingerprint density at radius 1 is 1.31 bits per heavy atom. The Balaban J connectivity index is 1.68. The maximum atomic E-state index is 12.1. The summed E-state index contributed by atoms with van der Waals surface area (Å²) in [6, 6.07) is 6.77. The normalized spacial score (nSPS) is 15.0. The van der Waals surface area contributed by atoms with Gasteiger partial charge < -0.3 is 10.2 Å². The Labute approximate surface area is 161 Å². The fourth-order valence-corrected chi connectivity index (χ4v) is 3.92. The summed E-state index contributed by atoms with van der Waals surface area (Å²) in [5.41, 5.74) is 4.93. The molecule has 6 heteroatoms. The zero-order chi connectivity index (χ0) is 19.1. The first-order valence-electron chi connectivity index (χ1n) is 9.16. The van der Waals surface area contributed by atoms with Gasteiger partial charge in [0.2, 0.25) is 5.91 Å². The number of thioether (sulfide) groups is 1. The van der Waals surface area contributed by atoms with Crippen LogP contribution in [0.3, 0.4) is 0 Å². The van der Waals surface area contributed by atoms with Crippen LogP contribution < -0.4 is 5.32 Å². The van der Waals surface area contributed by atoms with Crippen molar-refractivity contribution in [1.82, 2.24) is 10.2 Å². The largest absolute Gasteiger partial charge is 0.355 e. The van der Waals surface area contributed by atoms with Crippen LogP contribution in [0.1, 0.15) is 36.5 Å². The highest BCUT2D eigenvalue weighted by Crippen LogP contribution is 2.19. The molecule has 1 amide bonds. The minimum absolute atomic E-state index is 0.0514. The smallest absolute Gasteiger partial charge is 0.230 e. The molecule has 142 valence electrons. The Bertz CT molecular complexity index is 697. The predicted octanol–water partition coefficient (Wildman–Crippen LogP) is 3.19. The number of carbonyl (C=O) groups excluding carboxylic acids is 1. The summed E-state index contributed by atoms with van der Waals surface area (Å²) >= 11 is 1.49. The molecule has 26 heavy (non-hydrogen) atoms. The van der Waals surface area contributed by atoms with Gasteiger partial charge in [0.25, 0.3) is 0 Å². The molecule has 0 spiro atoms. The van der Waals surface area contributed by atoms with Crippen molar-refractivity contribution in [2.24, 2.45) is 10.2 Å². The summed E-state index contributed by atoms with van der Waals surface area (Å²) < 4.78 is 0.